The van der Waals surface area contributed by atoms with Gasteiger partial charge in [0, 0.05) is 28.3 Å². The molecule has 0 bridgehead atoms. The fraction of sp³-hybridized carbons (Fsp3) is 0.600. The standard InChI is InChI=1S/C15H25NOS/c1-12(2)9-10-18(17)11-15(16-4)14-7-5-13(3)6-8-14/h5-8,12,15-16H,9-11H2,1-4H3. The SMILES string of the molecule is CNC(CS(=O)CCC(C)C)c1ccc(C)cc1. The predicted octanol–water partition coefficient (Wildman–Crippen LogP) is 3.05. The van der Waals surface area contributed by atoms with Gasteiger partial charge in [-0.05, 0) is 31.9 Å². The van der Waals surface area contributed by atoms with Gasteiger partial charge in [-0.15, -0.1) is 0 Å². The number of nitrogens with one attached hydrogen (secondary N) is 1. The van der Waals surface area contributed by atoms with E-state index < -0.39 is 10.8 Å². The molecule has 1 rings (SSSR count). The van der Waals surface area contributed by atoms with Crippen LogP contribution in [0.25, 0.3) is 0 Å². The smallest absolute Gasteiger partial charge is 0.0434 e. The van der Waals surface area contributed by atoms with Gasteiger partial charge in [-0.1, -0.05) is 43.7 Å². The van der Waals surface area contributed by atoms with E-state index in [0.717, 1.165) is 12.2 Å². The minimum absolute atomic E-state index is 0.193. The number of benzene rings is 1. The van der Waals surface area contributed by atoms with Crippen molar-refractivity contribution in [3.8, 4) is 0 Å². The molecular formula is C15H25NOS. The molecule has 0 saturated carbocycles. The highest BCUT2D eigenvalue weighted by atomic mass is 32.2. The number of rotatable bonds is 7. The summed E-state index contributed by atoms with van der Waals surface area (Å²) >= 11 is 0. The molecule has 0 saturated heterocycles. The minimum atomic E-state index is -0.739. The number of hydrogen-bond donors (Lipinski definition) is 1. The fourth-order valence-corrected chi connectivity index (χ4v) is 3.41. The van der Waals surface area contributed by atoms with Crippen molar-refractivity contribution in [2.45, 2.75) is 33.2 Å². The number of hydrogen-bond acceptors (Lipinski definition) is 2. The van der Waals surface area contributed by atoms with Gasteiger partial charge < -0.3 is 5.32 Å². The van der Waals surface area contributed by atoms with Crippen molar-refractivity contribution < 1.29 is 4.21 Å². The van der Waals surface area contributed by atoms with Crippen molar-refractivity contribution in [2.24, 2.45) is 5.92 Å². The molecule has 0 spiro atoms. The first-order chi connectivity index (χ1) is 8.52. The van der Waals surface area contributed by atoms with Crippen LogP contribution in [0.5, 0.6) is 0 Å². The van der Waals surface area contributed by atoms with Crippen LogP contribution in [0.3, 0.4) is 0 Å². The molecule has 0 amide bonds. The van der Waals surface area contributed by atoms with Crippen molar-refractivity contribution in [1.29, 1.82) is 0 Å². The lowest BCUT2D eigenvalue weighted by atomic mass is 10.1. The molecule has 0 heterocycles. The van der Waals surface area contributed by atoms with E-state index in [1.807, 2.05) is 7.05 Å². The average molecular weight is 267 g/mol. The van der Waals surface area contributed by atoms with Crippen LogP contribution in [0, 0.1) is 12.8 Å². The first-order valence-corrected chi connectivity index (χ1v) is 8.10. The van der Waals surface area contributed by atoms with Gasteiger partial charge in [0.05, 0.1) is 0 Å². The van der Waals surface area contributed by atoms with Crippen LogP contribution in [0.2, 0.25) is 0 Å². The Balaban J connectivity index is 2.56. The van der Waals surface area contributed by atoms with E-state index in [1.54, 1.807) is 0 Å². The highest BCUT2D eigenvalue weighted by molar-refractivity contribution is 7.85. The van der Waals surface area contributed by atoms with Crippen LogP contribution in [0.1, 0.15) is 37.4 Å². The van der Waals surface area contributed by atoms with Gasteiger partial charge in [-0.3, -0.25) is 4.21 Å². The zero-order valence-corrected chi connectivity index (χ0v) is 12.7. The molecule has 18 heavy (non-hydrogen) atoms. The molecule has 0 aliphatic carbocycles. The molecule has 0 fully saturated rings. The molecule has 0 aliphatic heterocycles. The summed E-state index contributed by atoms with van der Waals surface area (Å²) in [7, 11) is 1.20. The summed E-state index contributed by atoms with van der Waals surface area (Å²) in [5.74, 6) is 2.13. The van der Waals surface area contributed by atoms with E-state index in [2.05, 4.69) is 50.4 Å². The molecule has 0 aliphatic rings. The van der Waals surface area contributed by atoms with Gasteiger partial charge in [0.15, 0.2) is 0 Å². The fourth-order valence-electron chi connectivity index (χ4n) is 1.78. The Hall–Kier alpha value is -0.670. The predicted molar refractivity (Wildman–Crippen MR) is 80.3 cm³/mol. The van der Waals surface area contributed by atoms with Gasteiger partial charge in [0.2, 0.25) is 0 Å². The number of aryl methyl sites for hydroxylation is 1. The molecule has 2 atom stereocenters. The van der Waals surface area contributed by atoms with Crippen LogP contribution in [0.15, 0.2) is 24.3 Å². The Morgan fingerprint density at radius 1 is 1.22 bits per heavy atom. The molecule has 1 N–H and O–H groups in total. The summed E-state index contributed by atoms with van der Waals surface area (Å²) in [6.45, 7) is 6.43. The summed E-state index contributed by atoms with van der Waals surface area (Å²) in [5, 5.41) is 3.26. The first-order valence-electron chi connectivity index (χ1n) is 6.61. The zero-order chi connectivity index (χ0) is 13.5. The third-order valence-corrected chi connectivity index (χ3v) is 4.50. The van der Waals surface area contributed by atoms with Gasteiger partial charge in [-0.25, -0.2) is 0 Å². The molecule has 0 radical (unpaired) electrons. The maximum absolute atomic E-state index is 12.0. The maximum Gasteiger partial charge on any atom is 0.0434 e. The molecule has 0 aromatic heterocycles. The monoisotopic (exact) mass is 267 g/mol. The van der Waals surface area contributed by atoms with E-state index in [9.17, 15) is 4.21 Å². The minimum Gasteiger partial charge on any atom is -0.312 e. The molecular weight excluding hydrogens is 242 g/mol. The normalized spacial score (nSPS) is 14.7. The second-order valence-electron chi connectivity index (χ2n) is 5.25. The lowest BCUT2D eigenvalue weighted by Crippen LogP contribution is -2.23. The summed E-state index contributed by atoms with van der Waals surface area (Å²) in [4.78, 5) is 0. The Kier molecular flexibility index (Phi) is 6.58. The van der Waals surface area contributed by atoms with Crippen LogP contribution >= 0.6 is 0 Å². The molecule has 2 unspecified atom stereocenters. The van der Waals surface area contributed by atoms with E-state index in [0.29, 0.717) is 11.7 Å². The summed E-state index contributed by atoms with van der Waals surface area (Å²) in [6.07, 6.45) is 1.04. The summed E-state index contributed by atoms with van der Waals surface area (Å²) in [5.41, 5.74) is 2.48. The molecule has 2 nitrogen and oxygen atoms in total. The second-order valence-corrected chi connectivity index (χ2v) is 6.87. The van der Waals surface area contributed by atoms with Crippen molar-refractivity contribution in [3.63, 3.8) is 0 Å². The van der Waals surface area contributed by atoms with Crippen molar-refractivity contribution >= 4 is 10.8 Å². The van der Waals surface area contributed by atoms with Crippen LogP contribution < -0.4 is 5.32 Å². The van der Waals surface area contributed by atoms with Gasteiger partial charge in [0.1, 0.15) is 0 Å². The molecule has 1 aromatic carbocycles. The Morgan fingerprint density at radius 3 is 2.33 bits per heavy atom. The lowest BCUT2D eigenvalue weighted by Gasteiger charge is -2.17. The quantitative estimate of drug-likeness (QED) is 0.822. The molecule has 1 aromatic rings. The zero-order valence-electron chi connectivity index (χ0n) is 11.9. The summed E-state index contributed by atoms with van der Waals surface area (Å²) in [6, 6.07) is 8.65. The van der Waals surface area contributed by atoms with E-state index in [1.165, 1.54) is 11.1 Å². The highest BCUT2D eigenvalue weighted by Crippen LogP contribution is 2.15. The molecule has 102 valence electrons. The van der Waals surface area contributed by atoms with Crippen LogP contribution in [-0.2, 0) is 10.8 Å². The van der Waals surface area contributed by atoms with E-state index in [4.69, 9.17) is 0 Å². The van der Waals surface area contributed by atoms with Crippen LogP contribution in [-0.4, -0.2) is 22.8 Å². The van der Waals surface area contributed by atoms with Gasteiger partial charge in [-0.2, -0.15) is 0 Å². The van der Waals surface area contributed by atoms with Crippen molar-refractivity contribution in [3.05, 3.63) is 35.4 Å². The van der Waals surface area contributed by atoms with Crippen molar-refractivity contribution in [2.75, 3.05) is 18.6 Å². The molecule has 3 heteroatoms. The van der Waals surface area contributed by atoms with Gasteiger partial charge in [0.25, 0.3) is 0 Å². The largest absolute Gasteiger partial charge is 0.312 e. The maximum atomic E-state index is 12.0. The Morgan fingerprint density at radius 2 is 1.83 bits per heavy atom. The van der Waals surface area contributed by atoms with E-state index >= 15 is 0 Å². The third-order valence-electron chi connectivity index (χ3n) is 3.10. The topological polar surface area (TPSA) is 29.1 Å². The Bertz CT molecular complexity index is 373. The lowest BCUT2D eigenvalue weighted by molar-refractivity contribution is 0.608. The average Bonchev–Trinajstić information content (AvgIpc) is 2.34. The first kappa shape index (κ1) is 15.4. The second kappa shape index (κ2) is 7.70. The third kappa shape index (κ3) is 5.32. The van der Waals surface area contributed by atoms with Crippen LogP contribution in [0.4, 0.5) is 0 Å². The van der Waals surface area contributed by atoms with Crippen molar-refractivity contribution in [1.82, 2.24) is 5.32 Å². The summed E-state index contributed by atoms with van der Waals surface area (Å²) < 4.78 is 12.0. The van der Waals surface area contributed by atoms with Gasteiger partial charge >= 0.3 is 0 Å². The Labute approximate surface area is 114 Å². The highest BCUT2D eigenvalue weighted by Gasteiger charge is 2.13. The van der Waals surface area contributed by atoms with E-state index in [-0.39, 0.29) is 6.04 Å².